The van der Waals surface area contributed by atoms with Crippen LogP contribution in [-0.4, -0.2) is 18.9 Å². The third kappa shape index (κ3) is 2.52. The fraction of sp³-hybridized carbons (Fsp3) is 0.111. The minimum absolute atomic E-state index is 0.316. The lowest BCUT2D eigenvalue weighted by molar-refractivity contribution is 0.618. The highest BCUT2D eigenvalue weighted by molar-refractivity contribution is 5.74. The van der Waals surface area contributed by atoms with Crippen LogP contribution in [0.5, 0.6) is 0 Å². The molecule has 6 heteroatoms. The fourth-order valence-electron chi connectivity index (χ4n) is 2.74. The van der Waals surface area contributed by atoms with Crippen LogP contribution < -0.4 is 5.32 Å². The summed E-state index contributed by atoms with van der Waals surface area (Å²) in [5.74, 6) is -0.316. The smallest absolute Gasteiger partial charge is 0.160 e. The molecule has 0 aliphatic heterocycles. The second-order valence-electron chi connectivity index (χ2n) is 5.75. The van der Waals surface area contributed by atoms with E-state index < -0.39 is 0 Å². The number of anilines is 2. The number of hydrogen-bond donors (Lipinski definition) is 1. The van der Waals surface area contributed by atoms with E-state index in [9.17, 15) is 4.39 Å². The molecule has 5 nitrogen and oxygen atoms in total. The van der Waals surface area contributed by atoms with Crippen molar-refractivity contribution in [2.24, 2.45) is 0 Å². The van der Waals surface area contributed by atoms with Crippen LogP contribution in [0.25, 0.3) is 11.3 Å². The van der Waals surface area contributed by atoms with Gasteiger partial charge in [0.15, 0.2) is 5.65 Å². The van der Waals surface area contributed by atoms with E-state index in [0.717, 1.165) is 22.7 Å². The molecule has 0 amide bonds. The average Bonchev–Trinajstić information content (AvgIpc) is 3.13. The van der Waals surface area contributed by atoms with Crippen molar-refractivity contribution < 1.29 is 4.39 Å². The molecule has 120 valence electrons. The number of rotatable bonds is 3. The van der Waals surface area contributed by atoms with Gasteiger partial charge in [0.05, 0.1) is 29.1 Å². The first-order valence-electron chi connectivity index (χ1n) is 7.62. The van der Waals surface area contributed by atoms with Crippen molar-refractivity contribution in [3.8, 4) is 5.69 Å². The zero-order chi connectivity index (χ0) is 16.7. The standard InChI is InChI=1S/C18H16FN5/c1-12-9-24(11-20-12)17-6-5-14(8-15(17)19)22-16-4-3-7-23-10-13(2)21-18(16)23/h3-11,22H,1-2H3. The summed E-state index contributed by atoms with van der Waals surface area (Å²) in [6.07, 6.45) is 7.28. The highest BCUT2D eigenvalue weighted by Crippen LogP contribution is 2.24. The third-order valence-electron chi connectivity index (χ3n) is 3.82. The maximum absolute atomic E-state index is 14.5. The molecule has 1 aromatic carbocycles. The van der Waals surface area contributed by atoms with Gasteiger partial charge >= 0.3 is 0 Å². The van der Waals surface area contributed by atoms with E-state index in [1.54, 1.807) is 23.2 Å². The Bertz CT molecular complexity index is 1030. The van der Waals surface area contributed by atoms with Gasteiger partial charge in [-0.2, -0.15) is 0 Å². The number of hydrogen-bond acceptors (Lipinski definition) is 3. The van der Waals surface area contributed by atoms with Crippen LogP contribution in [0.1, 0.15) is 11.4 Å². The fourth-order valence-corrected chi connectivity index (χ4v) is 2.74. The van der Waals surface area contributed by atoms with E-state index in [1.807, 2.05) is 48.8 Å². The Labute approximate surface area is 138 Å². The van der Waals surface area contributed by atoms with Gasteiger partial charge in [0.25, 0.3) is 0 Å². The highest BCUT2D eigenvalue weighted by Gasteiger charge is 2.09. The van der Waals surface area contributed by atoms with Crippen molar-refractivity contribution in [1.29, 1.82) is 0 Å². The van der Waals surface area contributed by atoms with Gasteiger partial charge < -0.3 is 14.3 Å². The lowest BCUT2D eigenvalue weighted by atomic mass is 10.2. The van der Waals surface area contributed by atoms with Gasteiger partial charge in [-0.15, -0.1) is 0 Å². The highest BCUT2D eigenvalue weighted by atomic mass is 19.1. The first kappa shape index (κ1) is 14.4. The molecule has 0 atom stereocenters. The summed E-state index contributed by atoms with van der Waals surface area (Å²) in [6.45, 7) is 3.82. The molecule has 0 aliphatic carbocycles. The summed E-state index contributed by atoms with van der Waals surface area (Å²) >= 11 is 0. The number of aryl methyl sites for hydroxylation is 2. The number of benzene rings is 1. The van der Waals surface area contributed by atoms with Gasteiger partial charge in [-0.1, -0.05) is 0 Å². The summed E-state index contributed by atoms with van der Waals surface area (Å²) in [4.78, 5) is 8.62. The Morgan fingerprint density at radius 1 is 1.08 bits per heavy atom. The quantitative estimate of drug-likeness (QED) is 0.620. The summed E-state index contributed by atoms with van der Waals surface area (Å²) in [5, 5.41) is 3.24. The van der Waals surface area contributed by atoms with Crippen molar-refractivity contribution in [1.82, 2.24) is 18.9 Å². The second kappa shape index (κ2) is 5.49. The molecule has 0 unspecified atom stereocenters. The number of pyridine rings is 1. The lowest BCUT2D eigenvalue weighted by Gasteiger charge is -2.10. The summed E-state index contributed by atoms with van der Waals surface area (Å²) in [6, 6.07) is 8.90. The zero-order valence-corrected chi connectivity index (χ0v) is 13.4. The number of aromatic nitrogens is 4. The van der Waals surface area contributed by atoms with Crippen LogP contribution in [0.3, 0.4) is 0 Å². The number of nitrogens with one attached hydrogen (secondary N) is 1. The minimum atomic E-state index is -0.316. The van der Waals surface area contributed by atoms with Crippen molar-refractivity contribution in [2.45, 2.75) is 13.8 Å². The minimum Gasteiger partial charge on any atom is -0.352 e. The average molecular weight is 321 g/mol. The lowest BCUT2D eigenvalue weighted by Crippen LogP contribution is -1.98. The van der Waals surface area contributed by atoms with Crippen LogP contribution in [0, 0.1) is 19.7 Å². The topological polar surface area (TPSA) is 47.2 Å². The molecule has 3 aromatic heterocycles. The zero-order valence-electron chi connectivity index (χ0n) is 13.4. The predicted octanol–water partition coefficient (Wildman–Crippen LogP) is 4.02. The molecule has 24 heavy (non-hydrogen) atoms. The maximum Gasteiger partial charge on any atom is 0.160 e. The summed E-state index contributed by atoms with van der Waals surface area (Å²) in [7, 11) is 0. The molecule has 0 bridgehead atoms. The molecular formula is C18H16FN5. The molecule has 0 saturated heterocycles. The Balaban J connectivity index is 1.68. The molecule has 4 aromatic rings. The number of nitrogens with zero attached hydrogens (tertiary/aromatic N) is 4. The van der Waals surface area contributed by atoms with Gasteiger partial charge in [-0.25, -0.2) is 14.4 Å². The number of imidazole rings is 2. The predicted molar refractivity (Wildman–Crippen MR) is 91.5 cm³/mol. The van der Waals surface area contributed by atoms with E-state index in [4.69, 9.17) is 0 Å². The van der Waals surface area contributed by atoms with Crippen molar-refractivity contribution in [3.63, 3.8) is 0 Å². The third-order valence-corrected chi connectivity index (χ3v) is 3.82. The largest absolute Gasteiger partial charge is 0.352 e. The second-order valence-corrected chi connectivity index (χ2v) is 5.75. The first-order valence-corrected chi connectivity index (χ1v) is 7.62. The number of fused-ring (bicyclic) bond motifs is 1. The van der Waals surface area contributed by atoms with Crippen molar-refractivity contribution in [2.75, 3.05) is 5.32 Å². The molecule has 0 aliphatic rings. The Morgan fingerprint density at radius 3 is 2.71 bits per heavy atom. The van der Waals surface area contributed by atoms with E-state index in [0.29, 0.717) is 11.4 Å². The molecule has 0 saturated carbocycles. The van der Waals surface area contributed by atoms with Crippen LogP contribution in [0.4, 0.5) is 15.8 Å². The molecule has 0 fully saturated rings. The van der Waals surface area contributed by atoms with Gasteiger partial charge in [-0.05, 0) is 44.2 Å². The normalized spacial score (nSPS) is 11.1. The van der Waals surface area contributed by atoms with E-state index in [2.05, 4.69) is 15.3 Å². The first-order chi connectivity index (χ1) is 11.6. The van der Waals surface area contributed by atoms with Crippen LogP contribution >= 0.6 is 0 Å². The maximum atomic E-state index is 14.5. The van der Waals surface area contributed by atoms with Gasteiger partial charge in [0.1, 0.15) is 5.82 Å². The SMILES string of the molecule is Cc1cn(-c2ccc(Nc3cccn4cc(C)nc34)cc2F)cn1. The summed E-state index contributed by atoms with van der Waals surface area (Å²) < 4.78 is 18.1. The molecule has 3 heterocycles. The molecule has 0 radical (unpaired) electrons. The molecular weight excluding hydrogens is 305 g/mol. The Kier molecular flexibility index (Phi) is 3.30. The van der Waals surface area contributed by atoms with E-state index >= 15 is 0 Å². The van der Waals surface area contributed by atoms with Crippen molar-refractivity contribution >= 4 is 17.0 Å². The van der Waals surface area contributed by atoms with Crippen LogP contribution in [-0.2, 0) is 0 Å². The molecule has 4 rings (SSSR count). The van der Waals surface area contributed by atoms with Gasteiger partial charge in [-0.3, -0.25) is 0 Å². The molecule has 0 spiro atoms. The Morgan fingerprint density at radius 2 is 1.96 bits per heavy atom. The number of halogens is 1. The van der Waals surface area contributed by atoms with E-state index in [-0.39, 0.29) is 5.82 Å². The van der Waals surface area contributed by atoms with Crippen molar-refractivity contribution in [3.05, 3.63) is 72.5 Å². The monoisotopic (exact) mass is 321 g/mol. The van der Waals surface area contributed by atoms with Crippen LogP contribution in [0.15, 0.2) is 55.2 Å². The summed E-state index contributed by atoms with van der Waals surface area (Å²) in [5.41, 5.74) is 4.55. The Hall–Kier alpha value is -3.15. The van der Waals surface area contributed by atoms with Gasteiger partial charge in [0, 0.05) is 24.3 Å². The van der Waals surface area contributed by atoms with Gasteiger partial charge in [0.2, 0.25) is 0 Å². The van der Waals surface area contributed by atoms with Crippen LogP contribution in [0.2, 0.25) is 0 Å². The van der Waals surface area contributed by atoms with E-state index in [1.165, 1.54) is 6.07 Å². The molecule has 1 N–H and O–H groups in total.